The van der Waals surface area contributed by atoms with Gasteiger partial charge in [0.1, 0.15) is 5.41 Å². The highest BCUT2D eigenvalue weighted by molar-refractivity contribution is 5.86. The summed E-state index contributed by atoms with van der Waals surface area (Å²) < 4.78 is 0. The van der Waals surface area contributed by atoms with Gasteiger partial charge in [0.15, 0.2) is 0 Å². The Kier molecular flexibility index (Phi) is 4.52. The van der Waals surface area contributed by atoms with Gasteiger partial charge < -0.3 is 15.3 Å². The zero-order valence-corrected chi connectivity index (χ0v) is 12.5. The topological polar surface area (TPSA) is 93.4 Å². The zero-order valence-electron chi connectivity index (χ0n) is 12.5. The molecule has 1 heterocycles. The Morgan fingerprint density at radius 3 is 2.52 bits per heavy atom. The van der Waals surface area contributed by atoms with E-state index in [-0.39, 0.29) is 24.8 Å². The second-order valence-electron chi connectivity index (χ2n) is 6.31. The molecule has 2 rings (SSSR count). The molecule has 116 valence electrons. The second kappa shape index (κ2) is 6.02. The van der Waals surface area contributed by atoms with Gasteiger partial charge in [0.2, 0.25) is 11.8 Å². The summed E-state index contributed by atoms with van der Waals surface area (Å²) in [4.78, 5) is 25.8. The van der Waals surface area contributed by atoms with Gasteiger partial charge in [-0.2, -0.15) is 5.26 Å². The molecule has 2 N–H and O–H groups in total. The van der Waals surface area contributed by atoms with Crippen molar-refractivity contribution < 1.29 is 14.7 Å². The molecule has 0 radical (unpaired) electrons. The molecule has 0 aromatic rings. The third-order valence-corrected chi connectivity index (χ3v) is 4.69. The molecule has 0 spiro atoms. The average molecular weight is 293 g/mol. The van der Waals surface area contributed by atoms with Crippen LogP contribution < -0.4 is 5.32 Å². The van der Waals surface area contributed by atoms with E-state index >= 15 is 0 Å². The standard InChI is InChI=1S/C15H23N3O3/c1-17-12(19)9-15(21)7-4-8-18(11-15)13(20)14(10-16)5-2-3-6-14/h21H,2-9,11H2,1H3,(H,17,19). The van der Waals surface area contributed by atoms with Gasteiger partial charge in [0, 0.05) is 20.1 Å². The first-order valence-electron chi connectivity index (χ1n) is 7.58. The van der Waals surface area contributed by atoms with E-state index in [4.69, 9.17) is 0 Å². The summed E-state index contributed by atoms with van der Waals surface area (Å²) in [5, 5.41) is 22.5. The first-order chi connectivity index (χ1) is 9.95. The molecule has 6 nitrogen and oxygen atoms in total. The number of nitriles is 1. The molecule has 2 amide bonds. The smallest absolute Gasteiger partial charge is 0.243 e. The van der Waals surface area contributed by atoms with E-state index in [0.29, 0.717) is 32.2 Å². The van der Waals surface area contributed by atoms with Crippen molar-refractivity contribution in [3.8, 4) is 6.07 Å². The lowest BCUT2D eigenvalue weighted by atomic mass is 9.83. The molecular weight excluding hydrogens is 270 g/mol. The van der Waals surface area contributed by atoms with Crippen molar-refractivity contribution in [2.75, 3.05) is 20.1 Å². The van der Waals surface area contributed by atoms with Crippen molar-refractivity contribution in [1.82, 2.24) is 10.2 Å². The normalized spacial score (nSPS) is 28.0. The molecule has 0 aromatic carbocycles. The SMILES string of the molecule is CNC(=O)CC1(O)CCCN(C(=O)C2(C#N)CCCC2)C1. The van der Waals surface area contributed by atoms with Crippen LogP contribution in [0.25, 0.3) is 0 Å². The summed E-state index contributed by atoms with van der Waals surface area (Å²) >= 11 is 0. The number of hydrogen-bond donors (Lipinski definition) is 2. The summed E-state index contributed by atoms with van der Waals surface area (Å²) in [7, 11) is 1.53. The van der Waals surface area contributed by atoms with Gasteiger partial charge in [-0.3, -0.25) is 9.59 Å². The van der Waals surface area contributed by atoms with Crippen LogP contribution in [0.4, 0.5) is 0 Å². The highest BCUT2D eigenvalue weighted by Crippen LogP contribution is 2.40. The predicted molar refractivity (Wildman–Crippen MR) is 76.0 cm³/mol. The minimum atomic E-state index is -1.18. The maximum Gasteiger partial charge on any atom is 0.243 e. The molecule has 1 saturated heterocycles. The van der Waals surface area contributed by atoms with Crippen LogP contribution in [0, 0.1) is 16.7 Å². The Balaban J connectivity index is 2.08. The zero-order chi connectivity index (χ0) is 15.5. The Morgan fingerprint density at radius 1 is 1.29 bits per heavy atom. The van der Waals surface area contributed by atoms with Crippen LogP contribution in [-0.4, -0.2) is 47.6 Å². The Hall–Kier alpha value is -1.61. The maximum absolute atomic E-state index is 12.7. The van der Waals surface area contributed by atoms with Crippen molar-refractivity contribution in [1.29, 1.82) is 5.26 Å². The first-order valence-corrected chi connectivity index (χ1v) is 7.58. The molecule has 1 unspecified atom stereocenters. The Morgan fingerprint density at radius 2 is 1.95 bits per heavy atom. The summed E-state index contributed by atoms with van der Waals surface area (Å²) in [5.74, 6) is -0.403. The molecule has 0 aromatic heterocycles. The van der Waals surface area contributed by atoms with E-state index in [0.717, 1.165) is 12.8 Å². The van der Waals surface area contributed by atoms with Crippen LogP contribution in [0.3, 0.4) is 0 Å². The number of amides is 2. The van der Waals surface area contributed by atoms with Gasteiger partial charge in [-0.25, -0.2) is 0 Å². The fourth-order valence-corrected chi connectivity index (χ4v) is 3.47. The molecule has 2 aliphatic rings. The monoisotopic (exact) mass is 293 g/mol. The van der Waals surface area contributed by atoms with Crippen LogP contribution in [0.15, 0.2) is 0 Å². The van der Waals surface area contributed by atoms with Gasteiger partial charge in [0.25, 0.3) is 0 Å². The van der Waals surface area contributed by atoms with Crippen LogP contribution in [-0.2, 0) is 9.59 Å². The average Bonchev–Trinajstić information content (AvgIpc) is 2.96. The molecule has 0 bridgehead atoms. The highest BCUT2D eigenvalue weighted by atomic mass is 16.3. The van der Waals surface area contributed by atoms with Gasteiger partial charge in [0.05, 0.1) is 18.1 Å². The lowest BCUT2D eigenvalue weighted by molar-refractivity contribution is -0.148. The molecule has 1 saturated carbocycles. The van der Waals surface area contributed by atoms with Gasteiger partial charge in [-0.05, 0) is 25.7 Å². The molecule has 1 atom stereocenters. The molecule has 6 heteroatoms. The maximum atomic E-state index is 12.7. The van der Waals surface area contributed by atoms with Crippen LogP contribution in [0.5, 0.6) is 0 Å². The number of nitrogens with one attached hydrogen (secondary N) is 1. The quantitative estimate of drug-likeness (QED) is 0.795. The van der Waals surface area contributed by atoms with Crippen LogP contribution >= 0.6 is 0 Å². The van der Waals surface area contributed by atoms with Crippen molar-refractivity contribution in [3.05, 3.63) is 0 Å². The van der Waals surface area contributed by atoms with Crippen molar-refractivity contribution in [3.63, 3.8) is 0 Å². The molecule has 1 aliphatic carbocycles. The lowest BCUT2D eigenvalue weighted by Crippen LogP contribution is -2.55. The Bertz CT molecular complexity index is 465. The number of rotatable bonds is 3. The van der Waals surface area contributed by atoms with Gasteiger partial charge in [-0.15, -0.1) is 0 Å². The largest absolute Gasteiger partial charge is 0.388 e. The highest BCUT2D eigenvalue weighted by Gasteiger charge is 2.47. The number of β-amino-alcohol motifs (C(OH)–C–C–N with tert-alkyl or cyclic N) is 1. The fraction of sp³-hybridized carbons (Fsp3) is 0.800. The molecule has 21 heavy (non-hydrogen) atoms. The number of carbonyl (C=O) groups is 2. The minimum absolute atomic E-state index is 0.00711. The van der Waals surface area contributed by atoms with Crippen LogP contribution in [0.1, 0.15) is 44.9 Å². The lowest BCUT2D eigenvalue weighted by Gasteiger charge is -2.41. The van der Waals surface area contributed by atoms with Crippen molar-refractivity contribution in [2.24, 2.45) is 5.41 Å². The molecule has 2 fully saturated rings. The number of hydrogen-bond acceptors (Lipinski definition) is 4. The van der Waals surface area contributed by atoms with Crippen molar-refractivity contribution in [2.45, 2.75) is 50.5 Å². The third kappa shape index (κ3) is 3.18. The van der Waals surface area contributed by atoms with E-state index in [1.165, 1.54) is 7.05 Å². The number of nitrogens with zero attached hydrogens (tertiary/aromatic N) is 2. The summed E-state index contributed by atoms with van der Waals surface area (Å²) in [6.07, 6.45) is 4.15. The number of piperidine rings is 1. The summed E-state index contributed by atoms with van der Waals surface area (Å²) in [6, 6.07) is 2.20. The molecule has 1 aliphatic heterocycles. The second-order valence-corrected chi connectivity index (χ2v) is 6.31. The van der Waals surface area contributed by atoms with E-state index in [1.54, 1.807) is 4.90 Å². The van der Waals surface area contributed by atoms with Crippen molar-refractivity contribution >= 4 is 11.8 Å². The van der Waals surface area contributed by atoms with E-state index in [1.807, 2.05) is 0 Å². The molecular formula is C15H23N3O3. The van der Waals surface area contributed by atoms with Gasteiger partial charge in [-0.1, -0.05) is 12.8 Å². The predicted octanol–water partition coefficient (Wildman–Crippen LogP) is 0.560. The first kappa shape index (κ1) is 15.8. The fourth-order valence-electron chi connectivity index (χ4n) is 3.47. The number of carbonyl (C=O) groups excluding carboxylic acids is 2. The van der Waals surface area contributed by atoms with Gasteiger partial charge >= 0.3 is 0 Å². The number of likely N-dealkylation sites (tertiary alicyclic amines) is 1. The van der Waals surface area contributed by atoms with E-state index in [2.05, 4.69) is 11.4 Å². The van der Waals surface area contributed by atoms with Crippen LogP contribution in [0.2, 0.25) is 0 Å². The van der Waals surface area contributed by atoms with E-state index < -0.39 is 11.0 Å². The summed E-state index contributed by atoms with van der Waals surface area (Å²) in [6.45, 7) is 0.695. The minimum Gasteiger partial charge on any atom is -0.388 e. The summed E-state index contributed by atoms with van der Waals surface area (Å²) in [5.41, 5.74) is -2.09. The Labute approximate surface area is 125 Å². The number of aliphatic hydroxyl groups is 1. The third-order valence-electron chi connectivity index (χ3n) is 4.69. The van der Waals surface area contributed by atoms with E-state index in [9.17, 15) is 20.0 Å².